The van der Waals surface area contributed by atoms with E-state index >= 15 is 0 Å². The Labute approximate surface area is 122 Å². The van der Waals surface area contributed by atoms with Crippen LogP contribution in [0.5, 0.6) is 0 Å². The summed E-state index contributed by atoms with van der Waals surface area (Å²) in [6.45, 7) is 4.07. The van der Waals surface area contributed by atoms with E-state index in [4.69, 9.17) is 10.5 Å². The number of hydrogen-bond donors (Lipinski definition) is 1. The number of para-hydroxylation sites is 1. The lowest BCUT2D eigenvalue weighted by Gasteiger charge is -2.04. The number of nitrogens with zero attached hydrogens (tertiary/aromatic N) is 2. The number of anilines is 1. The fourth-order valence-electron chi connectivity index (χ4n) is 1.81. The largest absolute Gasteiger partial charge is 0.462 e. The third-order valence-electron chi connectivity index (χ3n) is 2.65. The van der Waals surface area contributed by atoms with E-state index in [1.54, 1.807) is 11.6 Å². The molecule has 1 heterocycles. The molecule has 2 rings (SSSR count). The van der Waals surface area contributed by atoms with Gasteiger partial charge in [-0.05, 0) is 24.8 Å². The highest BCUT2D eigenvalue weighted by Crippen LogP contribution is 2.29. The van der Waals surface area contributed by atoms with E-state index in [-0.39, 0.29) is 0 Å². The predicted molar refractivity (Wildman–Crippen MR) is 80.3 cm³/mol. The zero-order chi connectivity index (χ0) is 14.5. The number of carbonyl (C=O) groups is 1. The summed E-state index contributed by atoms with van der Waals surface area (Å²) in [4.78, 5) is 12.0. The van der Waals surface area contributed by atoms with Crippen LogP contribution in [0.4, 0.5) is 5.82 Å². The molecule has 0 amide bonds. The molecule has 0 aliphatic carbocycles. The minimum absolute atomic E-state index is 0.311. The van der Waals surface area contributed by atoms with Gasteiger partial charge in [0, 0.05) is 0 Å². The van der Waals surface area contributed by atoms with Crippen LogP contribution in [0.1, 0.15) is 24.2 Å². The zero-order valence-corrected chi connectivity index (χ0v) is 12.3. The second-order valence-electron chi connectivity index (χ2n) is 3.97. The molecule has 0 atom stereocenters. The van der Waals surface area contributed by atoms with E-state index in [0.29, 0.717) is 23.0 Å². The first-order valence-corrected chi connectivity index (χ1v) is 7.41. The molecule has 5 nitrogen and oxygen atoms in total. The number of carbonyl (C=O) groups excluding carboxylic acids is 1. The second-order valence-corrected chi connectivity index (χ2v) is 5.22. The van der Waals surface area contributed by atoms with Gasteiger partial charge in [0.25, 0.3) is 0 Å². The van der Waals surface area contributed by atoms with Crippen LogP contribution in [0.25, 0.3) is 5.69 Å². The van der Waals surface area contributed by atoms with Crippen molar-refractivity contribution in [2.24, 2.45) is 0 Å². The van der Waals surface area contributed by atoms with Crippen LogP contribution in [0, 0.1) is 0 Å². The molecule has 1 aromatic heterocycles. The van der Waals surface area contributed by atoms with Gasteiger partial charge < -0.3 is 10.5 Å². The van der Waals surface area contributed by atoms with Crippen molar-refractivity contribution in [3.63, 3.8) is 0 Å². The number of aromatic nitrogens is 2. The van der Waals surface area contributed by atoms with Crippen molar-refractivity contribution in [1.29, 1.82) is 0 Å². The Morgan fingerprint density at radius 2 is 2.05 bits per heavy atom. The molecule has 0 aliphatic heterocycles. The maximum absolute atomic E-state index is 12.0. The van der Waals surface area contributed by atoms with Gasteiger partial charge in [0.05, 0.1) is 12.3 Å². The van der Waals surface area contributed by atoms with Crippen molar-refractivity contribution in [3.8, 4) is 5.69 Å². The van der Waals surface area contributed by atoms with Gasteiger partial charge in [0.2, 0.25) is 0 Å². The van der Waals surface area contributed by atoms with E-state index in [0.717, 1.165) is 11.4 Å². The Bertz CT molecular complexity index is 596. The molecule has 0 unspecified atom stereocenters. The molecular formula is C14H17N3O2S. The van der Waals surface area contributed by atoms with Crippen LogP contribution in [0.3, 0.4) is 0 Å². The van der Waals surface area contributed by atoms with Crippen molar-refractivity contribution in [1.82, 2.24) is 9.78 Å². The van der Waals surface area contributed by atoms with Crippen molar-refractivity contribution in [2.75, 3.05) is 18.1 Å². The third kappa shape index (κ3) is 2.80. The van der Waals surface area contributed by atoms with Gasteiger partial charge in [-0.1, -0.05) is 25.1 Å². The molecule has 0 spiro atoms. The molecule has 2 N–H and O–H groups in total. The Hall–Kier alpha value is -1.95. The molecule has 2 aromatic rings. The molecule has 0 aliphatic rings. The number of nitrogens with two attached hydrogens (primary N) is 1. The molecule has 1 aromatic carbocycles. The van der Waals surface area contributed by atoms with Crippen LogP contribution in [-0.4, -0.2) is 28.1 Å². The van der Waals surface area contributed by atoms with Crippen molar-refractivity contribution in [2.45, 2.75) is 18.9 Å². The number of esters is 1. The summed E-state index contributed by atoms with van der Waals surface area (Å²) in [5, 5.41) is 5.03. The minimum atomic E-state index is -0.428. The molecular weight excluding hydrogens is 274 g/mol. The molecule has 0 saturated carbocycles. The van der Waals surface area contributed by atoms with Crippen LogP contribution in [0.2, 0.25) is 0 Å². The van der Waals surface area contributed by atoms with Crippen molar-refractivity contribution >= 4 is 23.5 Å². The van der Waals surface area contributed by atoms with Crippen LogP contribution in [-0.2, 0) is 4.74 Å². The molecule has 0 fully saturated rings. The van der Waals surface area contributed by atoms with E-state index in [2.05, 4.69) is 5.10 Å². The Morgan fingerprint density at radius 1 is 1.35 bits per heavy atom. The maximum Gasteiger partial charge on any atom is 0.344 e. The van der Waals surface area contributed by atoms with Crippen molar-refractivity contribution < 1.29 is 9.53 Å². The molecule has 106 valence electrons. The maximum atomic E-state index is 12.0. The zero-order valence-electron chi connectivity index (χ0n) is 11.5. The molecule has 6 heteroatoms. The number of nitrogen functional groups attached to an aromatic ring is 1. The Kier molecular flexibility index (Phi) is 4.68. The monoisotopic (exact) mass is 291 g/mol. The molecule has 0 bridgehead atoms. The highest BCUT2D eigenvalue weighted by Gasteiger charge is 2.23. The summed E-state index contributed by atoms with van der Waals surface area (Å²) in [6, 6.07) is 9.48. The fourth-order valence-corrected chi connectivity index (χ4v) is 2.55. The normalized spacial score (nSPS) is 10.5. The van der Waals surface area contributed by atoms with Crippen LogP contribution in [0.15, 0.2) is 35.4 Å². The smallest absolute Gasteiger partial charge is 0.344 e. The van der Waals surface area contributed by atoms with Crippen LogP contribution >= 0.6 is 11.8 Å². The molecule has 0 radical (unpaired) electrons. The number of benzene rings is 1. The van der Waals surface area contributed by atoms with Crippen LogP contribution < -0.4 is 5.73 Å². The fraction of sp³-hybridized carbons (Fsp3) is 0.286. The van der Waals surface area contributed by atoms with Gasteiger partial charge in [-0.15, -0.1) is 11.8 Å². The second kappa shape index (κ2) is 6.47. The lowest BCUT2D eigenvalue weighted by molar-refractivity contribution is 0.0523. The highest BCUT2D eigenvalue weighted by atomic mass is 32.2. The number of ether oxygens (including phenoxy) is 1. The average molecular weight is 291 g/mol. The summed E-state index contributed by atoms with van der Waals surface area (Å²) >= 11 is 1.47. The molecule has 0 saturated heterocycles. The summed E-state index contributed by atoms with van der Waals surface area (Å²) in [7, 11) is 0. The van der Waals surface area contributed by atoms with E-state index < -0.39 is 5.97 Å². The summed E-state index contributed by atoms with van der Waals surface area (Å²) < 4.78 is 6.63. The Morgan fingerprint density at radius 3 is 2.65 bits per heavy atom. The highest BCUT2D eigenvalue weighted by molar-refractivity contribution is 7.99. The van der Waals surface area contributed by atoms with E-state index in [9.17, 15) is 4.79 Å². The number of thioether (sulfide) groups is 1. The van der Waals surface area contributed by atoms with Gasteiger partial charge in [-0.25, -0.2) is 9.48 Å². The first-order chi connectivity index (χ1) is 9.69. The lowest BCUT2D eigenvalue weighted by atomic mass is 10.3. The average Bonchev–Trinajstić information content (AvgIpc) is 2.77. The van der Waals surface area contributed by atoms with E-state index in [1.165, 1.54) is 11.8 Å². The van der Waals surface area contributed by atoms with Gasteiger partial charge in [-0.2, -0.15) is 5.10 Å². The van der Waals surface area contributed by atoms with Gasteiger partial charge in [0.15, 0.2) is 0 Å². The van der Waals surface area contributed by atoms with Gasteiger partial charge >= 0.3 is 5.97 Å². The molecule has 20 heavy (non-hydrogen) atoms. The number of rotatable bonds is 5. The predicted octanol–water partition coefficient (Wildman–Crippen LogP) is 2.74. The summed E-state index contributed by atoms with van der Waals surface area (Å²) in [5.74, 6) is 0.686. The van der Waals surface area contributed by atoms with Gasteiger partial charge in [-0.3, -0.25) is 0 Å². The third-order valence-corrected chi connectivity index (χ3v) is 3.50. The van der Waals surface area contributed by atoms with Gasteiger partial charge in [0.1, 0.15) is 16.4 Å². The topological polar surface area (TPSA) is 70.1 Å². The summed E-state index contributed by atoms with van der Waals surface area (Å²) in [5.41, 5.74) is 7.25. The number of hydrogen-bond acceptors (Lipinski definition) is 5. The SMILES string of the molecule is CCOC(=O)c1c(SCC)nn(-c2ccccc2)c1N. The standard InChI is InChI=1S/C14H17N3O2S/c1-3-19-14(18)11-12(15)17(16-13(11)20-4-2)10-8-6-5-7-9-10/h5-9H,3-4,15H2,1-2H3. The quantitative estimate of drug-likeness (QED) is 0.677. The minimum Gasteiger partial charge on any atom is -0.462 e. The first-order valence-electron chi connectivity index (χ1n) is 6.42. The Balaban J connectivity index is 2.50. The lowest BCUT2D eigenvalue weighted by Crippen LogP contribution is -2.09. The van der Waals surface area contributed by atoms with Crippen molar-refractivity contribution in [3.05, 3.63) is 35.9 Å². The summed E-state index contributed by atoms with van der Waals surface area (Å²) in [6.07, 6.45) is 0. The van der Waals surface area contributed by atoms with E-state index in [1.807, 2.05) is 37.3 Å². The first kappa shape index (κ1) is 14.5.